The second-order valence-corrected chi connectivity index (χ2v) is 6.56. The Bertz CT molecular complexity index is 522. The summed E-state index contributed by atoms with van der Waals surface area (Å²) in [6.45, 7) is 9.62. The Kier molecular flexibility index (Phi) is 4.84. The molecular formula is C15H23ClN4O. The minimum atomic E-state index is -0.101. The van der Waals surface area contributed by atoms with Gasteiger partial charge in [-0.15, -0.1) is 0 Å². The molecule has 1 aromatic rings. The highest BCUT2D eigenvalue weighted by atomic mass is 35.5. The fourth-order valence-corrected chi connectivity index (χ4v) is 2.70. The van der Waals surface area contributed by atoms with Gasteiger partial charge in [0.05, 0.1) is 11.2 Å². The average Bonchev–Trinajstić information content (AvgIpc) is 2.43. The number of rotatable bonds is 2. The van der Waals surface area contributed by atoms with Gasteiger partial charge in [0.2, 0.25) is 0 Å². The first kappa shape index (κ1) is 16.2. The summed E-state index contributed by atoms with van der Waals surface area (Å²) in [7, 11) is 2.09. The van der Waals surface area contributed by atoms with E-state index in [0.29, 0.717) is 41.7 Å². The predicted octanol–water partition coefficient (Wildman–Crippen LogP) is 2.42. The molecular weight excluding hydrogens is 288 g/mol. The molecule has 0 aromatic carbocycles. The molecule has 0 bridgehead atoms. The van der Waals surface area contributed by atoms with E-state index in [1.165, 1.54) is 6.20 Å². The van der Waals surface area contributed by atoms with Gasteiger partial charge in [-0.25, -0.2) is 9.97 Å². The summed E-state index contributed by atoms with van der Waals surface area (Å²) in [5.74, 6) is 0.716. The summed E-state index contributed by atoms with van der Waals surface area (Å²) < 4.78 is 0. The molecule has 0 spiro atoms. The van der Waals surface area contributed by atoms with Crippen molar-refractivity contribution in [3.8, 4) is 0 Å². The van der Waals surface area contributed by atoms with Gasteiger partial charge in [-0.1, -0.05) is 25.4 Å². The molecule has 0 radical (unpaired) electrons. The SMILES string of the molecule is CC(C)c1ncc(Cl)c(C(=O)N2CC(C)N(C)C(C)C2)n1. The Hall–Kier alpha value is -1.20. The van der Waals surface area contributed by atoms with Crippen molar-refractivity contribution in [3.05, 3.63) is 22.7 Å². The van der Waals surface area contributed by atoms with Crippen LogP contribution in [-0.4, -0.2) is 57.9 Å². The molecule has 5 nitrogen and oxygen atoms in total. The summed E-state index contributed by atoms with van der Waals surface area (Å²) >= 11 is 6.13. The van der Waals surface area contributed by atoms with Crippen LogP contribution in [0.15, 0.2) is 6.20 Å². The van der Waals surface area contributed by atoms with E-state index in [1.54, 1.807) is 0 Å². The van der Waals surface area contributed by atoms with Gasteiger partial charge in [0, 0.05) is 31.1 Å². The largest absolute Gasteiger partial charge is 0.334 e. The van der Waals surface area contributed by atoms with Gasteiger partial charge in [-0.3, -0.25) is 9.69 Å². The molecule has 2 unspecified atom stereocenters. The fraction of sp³-hybridized carbons (Fsp3) is 0.667. The summed E-state index contributed by atoms with van der Waals surface area (Å²) in [4.78, 5) is 25.4. The lowest BCUT2D eigenvalue weighted by atomic mass is 10.1. The van der Waals surface area contributed by atoms with E-state index in [1.807, 2.05) is 18.7 Å². The van der Waals surface area contributed by atoms with Crippen LogP contribution in [0.5, 0.6) is 0 Å². The molecule has 2 heterocycles. The number of halogens is 1. The Labute approximate surface area is 131 Å². The maximum Gasteiger partial charge on any atom is 0.274 e. The van der Waals surface area contributed by atoms with E-state index in [0.717, 1.165) is 0 Å². The Balaban J connectivity index is 2.26. The van der Waals surface area contributed by atoms with E-state index in [2.05, 4.69) is 35.8 Å². The molecule has 2 atom stereocenters. The Morgan fingerprint density at radius 2 is 1.90 bits per heavy atom. The molecule has 1 fully saturated rings. The molecule has 1 amide bonds. The molecule has 1 aliphatic rings. The summed E-state index contributed by atoms with van der Waals surface area (Å²) in [5, 5.41) is 0.323. The van der Waals surface area contributed by atoms with Crippen LogP contribution < -0.4 is 0 Å². The van der Waals surface area contributed by atoms with Crippen molar-refractivity contribution >= 4 is 17.5 Å². The maximum atomic E-state index is 12.7. The van der Waals surface area contributed by atoms with Crippen molar-refractivity contribution in [2.24, 2.45) is 0 Å². The molecule has 21 heavy (non-hydrogen) atoms. The van der Waals surface area contributed by atoms with Crippen molar-refractivity contribution in [2.75, 3.05) is 20.1 Å². The van der Waals surface area contributed by atoms with Crippen LogP contribution in [0, 0.1) is 0 Å². The Morgan fingerprint density at radius 3 is 2.43 bits per heavy atom. The van der Waals surface area contributed by atoms with Gasteiger partial charge in [-0.05, 0) is 20.9 Å². The number of amides is 1. The molecule has 0 aliphatic carbocycles. The van der Waals surface area contributed by atoms with Crippen LogP contribution in [0.3, 0.4) is 0 Å². The van der Waals surface area contributed by atoms with Gasteiger partial charge < -0.3 is 4.90 Å². The maximum absolute atomic E-state index is 12.7. The highest BCUT2D eigenvalue weighted by Gasteiger charge is 2.31. The van der Waals surface area contributed by atoms with Crippen molar-refractivity contribution in [2.45, 2.75) is 45.7 Å². The summed E-state index contributed by atoms with van der Waals surface area (Å²) in [6, 6.07) is 0.644. The van der Waals surface area contributed by atoms with E-state index >= 15 is 0 Å². The lowest BCUT2D eigenvalue weighted by Crippen LogP contribution is -2.56. The monoisotopic (exact) mass is 310 g/mol. The van der Waals surface area contributed by atoms with Crippen LogP contribution in [0.2, 0.25) is 5.02 Å². The number of piperazine rings is 1. The fourth-order valence-electron chi connectivity index (χ4n) is 2.53. The third-order valence-corrected chi connectivity index (χ3v) is 4.41. The van der Waals surface area contributed by atoms with E-state index in [9.17, 15) is 4.79 Å². The van der Waals surface area contributed by atoms with Gasteiger partial charge in [-0.2, -0.15) is 0 Å². The van der Waals surface area contributed by atoms with Crippen LogP contribution in [-0.2, 0) is 0 Å². The molecule has 6 heteroatoms. The number of hydrogen-bond acceptors (Lipinski definition) is 4. The van der Waals surface area contributed by atoms with E-state index in [-0.39, 0.29) is 11.8 Å². The van der Waals surface area contributed by atoms with Crippen molar-refractivity contribution in [1.29, 1.82) is 0 Å². The second kappa shape index (κ2) is 6.28. The third-order valence-electron chi connectivity index (χ3n) is 4.13. The third kappa shape index (κ3) is 3.35. The number of aromatic nitrogens is 2. The van der Waals surface area contributed by atoms with Gasteiger partial charge >= 0.3 is 0 Å². The minimum Gasteiger partial charge on any atom is -0.334 e. The standard InChI is InChI=1S/C15H23ClN4O/c1-9(2)14-17-6-12(16)13(18-14)15(21)20-7-10(3)19(5)11(4)8-20/h6,9-11H,7-8H2,1-5H3. The summed E-state index contributed by atoms with van der Waals surface area (Å²) in [5.41, 5.74) is 0.319. The second-order valence-electron chi connectivity index (χ2n) is 6.15. The smallest absolute Gasteiger partial charge is 0.274 e. The van der Waals surface area contributed by atoms with Crippen molar-refractivity contribution < 1.29 is 4.79 Å². The zero-order valence-electron chi connectivity index (χ0n) is 13.3. The Morgan fingerprint density at radius 1 is 1.33 bits per heavy atom. The molecule has 116 valence electrons. The summed E-state index contributed by atoms with van der Waals surface area (Å²) in [6.07, 6.45) is 1.53. The zero-order valence-corrected chi connectivity index (χ0v) is 14.1. The molecule has 2 rings (SSSR count). The van der Waals surface area contributed by atoms with Gasteiger partial charge in [0.15, 0.2) is 5.69 Å². The first-order valence-corrected chi connectivity index (χ1v) is 7.72. The van der Waals surface area contributed by atoms with Crippen LogP contribution in [0.1, 0.15) is 49.9 Å². The molecule has 1 aliphatic heterocycles. The quantitative estimate of drug-likeness (QED) is 0.842. The van der Waals surface area contributed by atoms with Crippen LogP contribution in [0.4, 0.5) is 0 Å². The molecule has 0 saturated carbocycles. The number of hydrogen-bond donors (Lipinski definition) is 0. The van der Waals surface area contributed by atoms with Crippen LogP contribution >= 0.6 is 11.6 Å². The van der Waals surface area contributed by atoms with Crippen LogP contribution in [0.25, 0.3) is 0 Å². The molecule has 0 N–H and O–H groups in total. The number of carbonyl (C=O) groups is 1. The van der Waals surface area contributed by atoms with Gasteiger partial charge in [0.1, 0.15) is 5.82 Å². The van der Waals surface area contributed by atoms with E-state index < -0.39 is 0 Å². The van der Waals surface area contributed by atoms with E-state index in [4.69, 9.17) is 11.6 Å². The number of likely N-dealkylation sites (N-methyl/N-ethyl adjacent to an activating group) is 1. The first-order valence-electron chi connectivity index (χ1n) is 7.35. The van der Waals surface area contributed by atoms with Gasteiger partial charge in [0.25, 0.3) is 5.91 Å². The van der Waals surface area contributed by atoms with Crippen molar-refractivity contribution in [1.82, 2.24) is 19.8 Å². The normalized spacial score (nSPS) is 23.7. The lowest BCUT2D eigenvalue weighted by Gasteiger charge is -2.42. The topological polar surface area (TPSA) is 49.3 Å². The highest BCUT2D eigenvalue weighted by Crippen LogP contribution is 2.21. The number of carbonyl (C=O) groups excluding carboxylic acids is 1. The predicted molar refractivity (Wildman–Crippen MR) is 83.7 cm³/mol. The minimum absolute atomic E-state index is 0.101. The van der Waals surface area contributed by atoms with Crippen molar-refractivity contribution in [3.63, 3.8) is 0 Å². The average molecular weight is 311 g/mol. The highest BCUT2D eigenvalue weighted by molar-refractivity contribution is 6.33. The zero-order chi connectivity index (χ0) is 15.7. The first-order chi connectivity index (χ1) is 9.81. The number of nitrogens with zero attached hydrogens (tertiary/aromatic N) is 4. The molecule has 1 aromatic heterocycles. The molecule has 1 saturated heterocycles. The lowest BCUT2D eigenvalue weighted by molar-refractivity contribution is 0.0409.